The van der Waals surface area contributed by atoms with Gasteiger partial charge in [-0.15, -0.1) is 0 Å². The van der Waals surface area contributed by atoms with Crippen LogP contribution in [0, 0.1) is 5.82 Å². The van der Waals surface area contributed by atoms with Crippen LogP contribution in [0.15, 0.2) is 71.4 Å². The van der Waals surface area contributed by atoms with Crippen molar-refractivity contribution in [1.82, 2.24) is 15.1 Å². The zero-order chi connectivity index (χ0) is 18.6. The zero-order valence-corrected chi connectivity index (χ0v) is 14.6. The maximum Gasteiger partial charge on any atom is 0.262 e. The first-order valence-corrected chi connectivity index (χ1v) is 8.40. The van der Waals surface area contributed by atoms with Crippen molar-refractivity contribution >= 4 is 0 Å². The molecular formula is C21H16FN3O2. The fourth-order valence-electron chi connectivity index (χ4n) is 2.80. The summed E-state index contributed by atoms with van der Waals surface area (Å²) in [5.74, 6) is 1.15. The van der Waals surface area contributed by atoms with Crippen LogP contribution in [-0.4, -0.2) is 22.2 Å². The molecule has 0 fully saturated rings. The molecule has 2 heterocycles. The third kappa shape index (κ3) is 3.69. The molecular weight excluding hydrogens is 345 g/mol. The highest BCUT2D eigenvalue weighted by Gasteiger charge is 2.16. The van der Waals surface area contributed by atoms with E-state index in [1.165, 1.54) is 12.1 Å². The molecule has 2 aromatic carbocycles. The van der Waals surface area contributed by atoms with Crippen LogP contribution in [0.3, 0.4) is 0 Å². The highest BCUT2D eigenvalue weighted by molar-refractivity contribution is 5.65. The van der Waals surface area contributed by atoms with Gasteiger partial charge in [0.2, 0.25) is 5.82 Å². The van der Waals surface area contributed by atoms with E-state index in [1.807, 2.05) is 36.4 Å². The first kappa shape index (κ1) is 16.9. The second-order valence-electron chi connectivity index (χ2n) is 5.98. The van der Waals surface area contributed by atoms with Crippen LogP contribution < -0.4 is 4.74 Å². The fraction of sp³-hybridized carbons (Fsp3) is 0.0952. The molecule has 0 bridgehead atoms. The smallest absolute Gasteiger partial charge is 0.262 e. The Morgan fingerprint density at radius 1 is 1.00 bits per heavy atom. The summed E-state index contributed by atoms with van der Waals surface area (Å²) in [4.78, 5) is 8.68. The van der Waals surface area contributed by atoms with Gasteiger partial charge in [0.05, 0.1) is 12.7 Å². The van der Waals surface area contributed by atoms with Gasteiger partial charge in [0.25, 0.3) is 5.89 Å². The topological polar surface area (TPSA) is 61.0 Å². The first-order chi connectivity index (χ1) is 13.2. The number of methoxy groups -OCH3 is 1. The number of pyridine rings is 1. The van der Waals surface area contributed by atoms with Crippen molar-refractivity contribution in [1.29, 1.82) is 0 Å². The van der Waals surface area contributed by atoms with Crippen LogP contribution in [0.5, 0.6) is 5.75 Å². The lowest BCUT2D eigenvalue weighted by Gasteiger charge is -2.08. The molecule has 2 aromatic heterocycles. The normalized spacial score (nSPS) is 10.7. The molecule has 0 aliphatic heterocycles. The average molecular weight is 361 g/mol. The van der Waals surface area contributed by atoms with Gasteiger partial charge in [-0.25, -0.2) is 4.39 Å². The number of nitrogens with zero attached hydrogens (tertiary/aromatic N) is 3. The molecule has 27 heavy (non-hydrogen) atoms. The standard InChI is InChI=1S/C21H16FN3O2/c1-26-19-10-7-15(12-14-5-8-16(22)9-6-14)13-17(19)21-24-20(25-27-21)18-4-2-3-11-23-18/h2-11,13H,12H2,1H3. The van der Waals surface area contributed by atoms with Crippen molar-refractivity contribution in [3.63, 3.8) is 0 Å². The molecule has 0 saturated heterocycles. The molecule has 0 N–H and O–H groups in total. The molecule has 0 aliphatic rings. The molecule has 0 radical (unpaired) electrons. The van der Waals surface area contributed by atoms with Crippen LogP contribution >= 0.6 is 0 Å². The van der Waals surface area contributed by atoms with Gasteiger partial charge >= 0.3 is 0 Å². The summed E-state index contributed by atoms with van der Waals surface area (Å²) in [7, 11) is 1.59. The van der Waals surface area contributed by atoms with E-state index >= 15 is 0 Å². The van der Waals surface area contributed by atoms with Crippen molar-refractivity contribution in [2.45, 2.75) is 6.42 Å². The Balaban J connectivity index is 1.67. The molecule has 4 aromatic rings. The number of rotatable bonds is 5. The molecule has 4 rings (SSSR count). The Kier molecular flexibility index (Phi) is 4.61. The highest BCUT2D eigenvalue weighted by Crippen LogP contribution is 2.31. The van der Waals surface area contributed by atoms with Crippen LogP contribution in [0.1, 0.15) is 11.1 Å². The minimum atomic E-state index is -0.248. The Morgan fingerprint density at radius 3 is 2.56 bits per heavy atom. The van der Waals surface area contributed by atoms with Gasteiger partial charge in [-0.2, -0.15) is 4.98 Å². The van der Waals surface area contributed by atoms with Gasteiger partial charge in [0.15, 0.2) is 0 Å². The predicted octanol–water partition coefficient (Wildman–Crippen LogP) is 4.54. The molecule has 0 saturated carbocycles. The van der Waals surface area contributed by atoms with E-state index in [1.54, 1.807) is 25.4 Å². The van der Waals surface area contributed by atoms with Crippen LogP contribution in [-0.2, 0) is 6.42 Å². The minimum absolute atomic E-state index is 0.248. The summed E-state index contributed by atoms with van der Waals surface area (Å²) in [6.07, 6.45) is 2.33. The van der Waals surface area contributed by atoms with E-state index in [9.17, 15) is 4.39 Å². The number of halogens is 1. The zero-order valence-electron chi connectivity index (χ0n) is 14.6. The molecule has 6 heteroatoms. The molecule has 0 amide bonds. The summed E-state index contributed by atoms with van der Waals surface area (Å²) in [6, 6.07) is 17.7. The summed E-state index contributed by atoms with van der Waals surface area (Å²) in [5, 5.41) is 4.02. The van der Waals surface area contributed by atoms with E-state index < -0.39 is 0 Å². The predicted molar refractivity (Wildman–Crippen MR) is 98.7 cm³/mol. The number of benzene rings is 2. The van der Waals surface area contributed by atoms with E-state index in [0.29, 0.717) is 35.1 Å². The van der Waals surface area contributed by atoms with Gasteiger partial charge in [-0.05, 0) is 53.9 Å². The maximum absolute atomic E-state index is 13.1. The Morgan fingerprint density at radius 2 is 1.81 bits per heavy atom. The summed E-state index contributed by atoms with van der Waals surface area (Å²) < 4.78 is 24.0. The summed E-state index contributed by atoms with van der Waals surface area (Å²) in [6.45, 7) is 0. The third-order valence-electron chi connectivity index (χ3n) is 4.14. The van der Waals surface area contributed by atoms with Crippen LogP contribution in [0.4, 0.5) is 4.39 Å². The minimum Gasteiger partial charge on any atom is -0.496 e. The monoisotopic (exact) mass is 361 g/mol. The molecule has 0 atom stereocenters. The van der Waals surface area contributed by atoms with Crippen molar-refractivity contribution in [2.75, 3.05) is 7.11 Å². The average Bonchev–Trinajstić information content (AvgIpc) is 3.20. The quantitative estimate of drug-likeness (QED) is 0.522. The van der Waals surface area contributed by atoms with Gasteiger partial charge in [-0.1, -0.05) is 29.4 Å². The van der Waals surface area contributed by atoms with Gasteiger partial charge in [0.1, 0.15) is 17.3 Å². The highest BCUT2D eigenvalue weighted by atomic mass is 19.1. The summed E-state index contributed by atoms with van der Waals surface area (Å²) in [5.41, 5.74) is 3.36. The first-order valence-electron chi connectivity index (χ1n) is 8.40. The van der Waals surface area contributed by atoms with E-state index in [2.05, 4.69) is 15.1 Å². The van der Waals surface area contributed by atoms with E-state index in [-0.39, 0.29) is 5.82 Å². The van der Waals surface area contributed by atoms with Crippen molar-refractivity contribution < 1.29 is 13.7 Å². The number of hydrogen-bond acceptors (Lipinski definition) is 5. The molecule has 0 spiro atoms. The number of ether oxygens (including phenoxy) is 1. The third-order valence-corrected chi connectivity index (χ3v) is 4.14. The van der Waals surface area contributed by atoms with Gasteiger partial charge < -0.3 is 9.26 Å². The lowest BCUT2D eigenvalue weighted by atomic mass is 10.0. The molecule has 0 aliphatic carbocycles. The van der Waals surface area contributed by atoms with Crippen molar-refractivity contribution in [2.24, 2.45) is 0 Å². The Labute approximate surface area is 155 Å². The Bertz CT molecular complexity index is 1050. The second kappa shape index (κ2) is 7.37. The Hall–Kier alpha value is -3.54. The van der Waals surface area contributed by atoms with Crippen molar-refractivity contribution in [3.8, 4) is 28.7 Å². The molecule has 134 valence electrons. The SMILES string of the molecule is COc1ccc(Cc2ccc(F)cc2)cc1-c1nc(-c2ccccn2)no1. The summed E-state index contributed by atoms with van der Waals surface area (Å²) >= 11 is 0. The number of aromatic nitrogens is 3. The van der Waals surface area contributed by atoms with E-state index in [0.717, 1.165) is 11.1 Å². The van der Waals surface area contributed by atoms with E-state index in [4.69, 9.17) is 9.26 Å². The van der Waals surface area contributed by atoms with Crippen LogP contribution in [0.2, 0.25) is 0 Å². The van der Waals surface area contributed by atoms with Gasteiger partial charge in [-0.3, -0.25) is 4.98 Å². The maximum atomic E-state index is 13.1. The lowest BCUT2D eigenvalue weighted by Crippen LogP contribution is -1.93. The van der Waals surface area contributed by atoms with Gasteiger partial charge in [0, 0.05) is 6.20 Å². The molecule has 5 nitrogen and oxygen atoms in total. The van der Waals surface area contributed by atoms with Crippen molar-refractivity contribution in [3.05, 3.63) is 83.8 Å². The largest absolute Gasteiger partial charge is 0.496 e. The number of hydrogen-bond donors (Lipinski definition) is 0. The molecule has 0 unspecified atom stereocenters. The lowest BCUT2D eigenvalue weighted by molar-refractivity contribution is 0.405. The fourth-order valence-corrected chi connectivity index (χ4v) is 2.80. The second-order valence-corrected chi connectivity index (χ2v) is 5.98. The van der Waals surface area contributed by atoms with Crippen LogP contribution in [0.25, 0.3) is 23.0 Å².